The van der Waals surface area contributed by atoms with Crippen molar-refractivity contribution < 1.29 is 0 Å². The first-order chi connectivity index (χ1) is 17.9. The summed E-state index contributed by atoms with van der Waals surface area (Å²) in [5.41, 5.74) is 0. The second-order valence-corrected chi connectivity index (χ2v) is 12.5. The van der Waals surface area contributed by atoms with E-state index in [0.717, 1.165) is 89.4 Å². The molecule has 10 heteroatoms. The Balaban J connectivity index is 1.52. The van der Waals surface area contributed by atoms with Crippen molar-refractivity contribution in [3.8, 4) is 0 Å². The monoisotopic (exact) mass is 533 g/mol. The molecule has 0 aliphatic carbocycles. The third kappa shape index (κ3) is 6.67. The van der Waals surface area contributed by atoms with Gasteiger partial charge in [0.2, 0.25) is 17.2 Å². The molecule has 1 aromatic rings. The molecule has 8 atom stereocenters. The maximum Gasteiger partial charge on any atom is 0.231 e. The largest absolute Gasteiger partial charge is 0.334 e. The van der Waals surface area contributed by atoms with Crippen molar-refractivity contribution >= 4 is 23.5 Å². The molecular weight excluding hydrogens is 486 g/mol. The highest BCUT2D eigenvalue weighted by atomic mass is 35.5. The number of aromatic nitrogens is 3. The first kappa shape index (κ1) is 27.3. The molecule has 4 aliphatic rings. The first-order valence-corrected chi connectivity index (χ1v) is 15.2. The maximum absolute atomic E-state index is 6.74. The molecule has 4 saturated heterocycles. The van der Waals surface area contributed by atoms with Gasteiger partial charge in [0.05, 0.1) is 0 Å². The Bertz CT molecular complexity index is 777. The molecule has 0 amide bonds. The van der Waals surface area contributed by atoms with E-state index in [9.17, 15) is 0 Å². The van der Waals surface area contributed by atoms with Crippen molar-refractivity contribution in [3.05, 3.63) is 5.28 Å². The molecule has 0 aromatic carbocycles. The molecule has 208 valence electrons. The Morgan fingerprint density at radius 2 is 0.838 bits per heavy atom. The third-order valence-electron chi connectivity index (χ3n) is 9.00. The lowest BCUT2D eigenvalue weighted by Crippen LogP contribution is -2.56. The summed E-state index contributed by atoms with van der Waals surface area (Å²) in [5, 5.41) is 14.8. The van der Waals surface area contributed by atoms with Crippen LogP contribution in [0.5, 0.6) is 0 Å². The van der Waals surface area contributed by atoms with Crippen LogP contribution in [0.25, 0.3) is 0 Å². The van der Waals surface area contributed by atoms with Crippen LogP contribution in [0.1, 0.15) is 79.1 Å². The van der Waals surface area contributed by atoms with Gasteiger partial charge in [0.1, 0.15) is 0 Å². The second kappa shape index (κ2) is 12.3. The second-order valence-electron chi connectivity index (χ2n) is 12.2. The average molecular weight is 534 g/mol. The Morgan fingerprint density at radius 3 is 1.11 bits per heavy atom. The molecule has 4 fully saturated rings. The van der Waals surface area contributed by atoms with Crippen molar-refractivity contribution in [2.45, 2.75) is 127 Å². The molecule has 0 spiro atoms. The van der Waals surface area contributed by atoms with Gasteiger partial charge in [-0.3, -0.25) is 0 Å². The molecule has 4 N–H and O–H groups in total. The standard InChI is InChI=1S/C27H48ClN9/c1-17-13-21(5-9-29-17)36(22-6-10-30-18(2)14-22)26-33-25(28)34-27(35-26)37(23-7-11-31-19(3)15-23)24-8-12-32-20(4)16-24/h17-24,29-32H,5-16H2,1-4H3. The van der Waals surface area contributed by atoms with E-state index < -0.39 is 0 Å². The van der Waals surface area contributed by atoms with Crippen LogP contribution in [0, 0.1) is 0 Å². The zero-order chi connectivity index (χ0) is 25.9. The molecule has 4 aliphatic heterocycles. The highest BCUT2D eigenvalue weighted by Gasteiger charge is 2.37. The van der Waals surface area contributed by atoms with E-state index in [1.54, 1.807) is 0 Å². The SMILES string of the molecule is CC1CC(N(c2nc(Cl)nc(N(C3CCNC(C)C3)C3CCNC(C)C3)n2)C2CCNC(C)C2)CCN1. The van der Waals surface area contributed by atoms with Gasteiger partial charge in [0.15, 0.2) is 0 Å². The normalized spacial score (nSPS) is 37.2. The summed E-state index contributed by atoms with van der Waals surface area (Å²) in [5.74, 6) is 1.56. The zero-order valence-corrected chi connectivity index (χ0v) is 24.0. The minimum atomic E-state index is 0.322. The Labute approximate surface area is 228 Å². The van der Waals surface area contributed by atoms with Gasteiger partial charge in [-0.05, 0) is 117 Å². The maximum atomic E-state index is 6.74. The number of nitrogens with zero attached hydrogens (tertiary/aromatic N) is 5. The predicted molar refractivity (Wildman–Crippen MR) is 152 cm³/mol. The number of halogens is 1. The average Bonchev–Trinajstić information content (AvgIpc) is 2.84. The Morgan fingerprint density at radius 1 is 0.541 bits per heavy atom. The van der Waals surface area contributed by atoms with Gasteiger partial charge in [-0.25, -0.2) is 0 Å². The van der Waals surface area contributed by atoms with Crippen LogP contribution in [0.4, 0.5) is 11.9 Å². The Kier molecular flexibility index (Phi) is 9.07. The fourth-order valence-corrected chi connectivity index (χ4v) is 7.39. The van der Waals surface area contributed by atoms with Crippen LogP contribution in [0.3, 0.4) is 0 Å². The molecule has 8 unspecified atom stereocenters. The van der Waals surface area contributed by atoms with Crippen molar-refractivity contribution in [2.75, 3.05) is 36.0 Å². The van der Waals surface area contributed by atoms with E-state index in [0.29, 0.717) is 53.6 Å². The lowest BCUT2D eigenvalue weighted by atomic mass is 9.92. The summed E-state index contributed by atoms with van der Waals surface area (Å²) in [6.07, 6.45) is 8.78. The number of piperidine rings is 4. The smallest absolute Gasteiger partial charge is 0.231 e. The van der Waals surface area contributed by atoms with Gasteiger partial charge in [0, 0.05) is 48.3 Å². The van der Waals surface area contributed by atoms with Crippen LogP contribution in [0.2, 0.25) is 5.28 Å². The molecule has 5 rings (SSSR count). The highest BCUT2D eigenvalue weighted by molar-refractivity contribution is 6.28. The van der Waals surface area contributed by atoms with Crippen LogP contribution < -0.4 is 31.1 Å². The molecule has 0 bridgehead atoms. The van der Waals surface area contributed by atoms with Gasteiger partial charge in [0.25, 0.3) is 0 Å². The fourth-order valence-electron chi connectivity index (χ4n) is 7.24. The van der Waals surface area contributed by atoms with Gasteiger partial charge in [-0.15, -0.1) is 0 Å². The van der Waals surface area contributed by atoms with E-state index in [4.69, 9.17) is 26.6 Å². The number of anilines is 2. The number of nitrogens with one attached hydrogen (secondary N) is 4. The molecule has 0 saturated carbocycles. The fraction of sp³-hybridized carbons (Fsp3) is 0.889. The van der Waals surface area contributed by atoms with E-state index in [1.165, 1.54) is 0 Å². The number of hydrogen-bond donors (Lipinski definition) is 4. The zero-order valence-electron chi connectivity index (χ0n) is 23.2. The van der Waals surface area contributed by atoms with Gasteiger partial charge in [-0.2, -0.15) is 15.0 Å². The van der Waals surface area contributed by atoms with Crippen molar-refractivity contribution in [1.29, 1.82) is 0 Å². The van der Waals surface area contributed by atoms with Crippen molar-refractivity contribution in [3.63, 3.8) is 0 Å². The molecular formula is C27H48ClN9. The first-order valence-electron chi connectivity index (χ1n) is 14.8. The minimum absolute atomic E-state index is 0.322. The lowest BCUT2D eigenvalue weighted by Gasteiger charge is -2.46. The van der Waals surface area contributed by atoms with Crippen LogP contribution in [-0.4, -0.2) is 89.5 Å². The Hall–Kier alpha value is -1.26. The van der Waals surface area contributed by atoms with Crippen LogP contribution in [0.15, 0.2) is 0 Å². The lowest BCUT2D eigenvalue weighted by molar-refractivity contribution is 0.293. The summed E-state index contributed by atoms with van der Waals surface area (Å²) in [7, 11) is 0. The molecule has 37 heavy (non-hydrogen) atoms. The van der Waals surface area contributed by atoms with E-state index in [-0.39, 0.29) is 0 Å². The minimum Gasteiger partial charge on any atom is -0.334 e. The number of rotatable bonds is 6. The van der Waals surface area contributed by atoms with Gasteiger partial charge in [-0.1, -0.05) is 0 Å². The van der Waals surface area contributed by atoms with E-state index >= 15 is 0 Å². The summed E-state index contributed by atoms with van der Waals surface area (Å²) >= 11 is 6.74. The quantitative estimate of drug-likeness (QED) is 0.440. The predicted octanol–water partition coefficient (Wildman–Crippen LogP) is 2.70. The summed E-state index contributed by atoms with van der Waals surface area (Å²) in [6.45, 7) is 13.3. The van der Waals surface area contributed by atoms with E-state index in [2.05, 4.69) is 58.8 Å². The molecule has 1 aromatic heterocycles. The highest BCUT2D eigenvalue weighted by Crippen LogP contribution is 2.33. The summed E-state index contributed by atoms with van der Waals surface area (Å²) in [6, 6.07) is 3.57. The molecule has 9 nitrogen and oxygen atoms in total. The molecule has 5 heterocycles. The van der Waals surface area contributed by atoms with Crippen molar-refractivity contribution in [2.24, 2.45) is 0 Å². The topological polar surface area (TPSA) is 93.3 Å². The van der Waals surface area contributed by atoms with Gasteiger partial charge >= 0.3 is 0 Å². The van der Waals surface area contributed by atoms with Crippen LogP contribution >= 0.6 is 11.6 Å². The van der Waals surface area contributed by atoms with Crippen molar-refractivity contribution in [1.82, 2.24) is 36.2 Å². The summed E-state index contributed by atoms with van der Waals surface area (Å²) in [4.78, 5) is 20.0. The third-order valence-corrected chi connectivity index (χ3v) is 9.17. The van der Waals surface area contributed by atoms with Gasteiger partial charge < -0.3 is 31.1 Å². The number of hydrogen-bond acceptors (Lipinski definition) is 9. The van der Waals surface area contributed by atoms with Crippen LogP contribution in [-0.2, 0) is 0 Å². The summed E-state index contributed by atoms with van der Waals surface area (Å²) < 4.78 is 0. The molecule has 0 radical (unpaired) electrons. The van der Waals surface area contributed by atoms with E-state index in [1.807, 2.05) is 0 Å².